The van der Waals surface area contributed by atoms with Gasteiger partial charge in [0.1, 0.15) is 11.2 Å². The van der Waals surface area contributed by atoms with E-state index in [9.17, 15) is 14.4 Å². The number of hydrogen-bond acceptors (Lipinski definition) is 6. The van der Waals surface area contributed by atoms with Crippen molar-refractivity contribution in [1.29, 1.82) is 0 Å². The number of rotatable bonds is 2. The van der Waals surface area contributed by atoms with Crippen LogP contribution in [0.5, 0.6) is 0 Å². The average molecular weight is 356 g/mol. The topological polar surface area (TPSA) is 108 Å². The Bertz CT molecular complexity index is 845. The second-order valence-electron chi connectivity index (χ2n) is 6.31. The third-order valence-corrected chi connectivity index (χ3v) is 4.02. The summed E-state index contributed by atoms with van der Waals surface area (Å²) in [6, 6.07) is 3.22. The number of amides is 3. The normalized spacial score (nSPS) is 14.6. The first kappa shape index (κ1) is 17.7. The highest BCUT2D eigenvalue weighted by Crippen LogP contribution is 2.11. The van der Waals surface area contributed by atoms with Gasteiger partial charge in [-0.15, -0.1) is 0 Å². The lowest BCUT2D eigenvalue weighted by molar-refractivity contribution is -0.147. The van der Waals surface area contributed by atoms with Crippen molar-refractivity contribution in [3.05, 3.63) is 30.2 Å². The maximum absolute atomic E-state index is 12.6. The minimum Gasteiger partial charge on any atom is -0.346 e. The molecule has 1 saturated heterocycles. The van der Waals surface area contributed by atoms with Gasteiger partial charge in [0.05, 0.1) is 0 Å². The van der Waals surface area contributed by atoms with Crippen LogP contribution in [0.15, 0.2) is 24.5 Å². The summed E-state index contributed by atoms with van der Waals surface area (Å²) in [6.07, 6.45) is 3.09. The number of piperazine rings is 1. The molecule has 9 nitrogen and oxygen atoms in total. The van der Waals surface area contributed by atoms with Crippen molar-refractivity contribution < 1.29 is 14.4 Å². The van der Waals surface area contributed by atoms with Crippen LogP contribution in [-0.4, -0.2) is 74.7 Å². The van der Waals surface area contributed by atoms with Crippen LogP contribution in [-0.2, 0) is 9.59 Å². The summed E-state index contributed by atoms with van der Waals surface area (Å²) in [4.78, 5) is 52.1. The molecule has 136 valence electrons. The zero-order chi connectivity index (χ0) is 18.7. The van der Waals surface area contributed by atoms with Crippen LogP contribution in [0.4, 0.5) is 0 Å². The van der Waals surface area contributed by atoms with Crippen molar-refractivity contribution in [2.24, 2.45) is 0 Å². The van der Waals surface area contributed by atoms with Gasteiger partial charge in [-0.05, 0) is 26.0 Å². The smallest absolute Gasteiger partial charge is 0.312 e. The molecule has 3 heterocycles. The van der Waals surface area contributed by atoms with Gasteiger partial charge in [-0.3, -0.25) is 19.4 Å². The van der Waals surface area contributed by atoms with Crippen LogP contribution < -0.4 is 5.32 Å². The molecule has 3 amide bonds. The fourth-order valence-electron chi connectivity index (χ4n) is 2.72. The molecule has 0 unspecified atom stereocenters. The van der Waals surface area contributed by atoms with Crippen molar-refractivity contribution in [3.63, 3.8) is 0 Å². The fraction of sp³-hybridized carbons (Fsp3) is 0.412. The maximum atomic E-state index is 12.6. The monoisotopic (exact) mass is 356 g/mol. The number of carbonyl (C=O) groups is 3. The summed E-state index contributed by atoms with van der Waals surface area (Å²) in [5, 5.41) is 2.58. The summed E-state index contributed by atoms with van der Waals surface area (Å²) in [7, 11) is 0. The van der Waals surface area contributed by atoms with Gasteiger partial charge in [0.15, 0.2) is 5.65 Å². The van der Waals surface area contributed by atoms with E-state index < -0.39 is 11.8 Å². The first-order chi connectivity index (χ1) is 12.5. The van der Waals surface area contributed by atoms with E-state index in [0.29, 0.717) is 37.3 Å². The summed E-state index contributed by atoms with van der Waals surface area (Å²) in [5.41, 5.74) is 1.32. The van der Waals surface area contributed by atoms with E-state index in [4.69, 9.17) is 0 Å². The molecule has 0 radical (unpaired) electrons. The van der Waals surface area contributed by atoms with Crippen LogP contribution >= 0.6 is 0 Å². The molecule has 0 saturated carbocycles. The quantitative estimate of drug-likeness (QED) is 0.749. The van der Waals surface area contributed by atoms with Crippen LogP contribution in [0.2, 0.25) is 0 Å². The number of hydrogen-bond donors (Lipinski definition) is 1. The zero-order valence-corrected chi connectivity index (χ0v) is 14.7. The number of fused-ring (bicyclic) bond motifs is 1. The molecule has 1 aliphatic heterocycles. The van der Waals surface area contributed by atoms with E-state index in [1.807, 2.05) is 0 Å². The molecule has 0 bridgehead atoms. The molecule has 2 aromatic heterocycles. The third kappa shape index (κ3) is 3.76. The Morgan fingerprint density at radius 3 is 2.35 bits per heavy atom. The van der Waals surface area contributed by atoms with Gasteiger partial charge in [-0.1, -0.05) is 0 Å². The molecule has 0 spiro atoms. The van der Waals surface area contributed by atoms with Crippen molar-refractivity contribution in [1.82, 2.24) is 30.1 Å². The van der Waals surface area contributed by atoms with Gasteiger partial charge in [0.25, 0.3) is 5.91 Å². The molecule has 1 aliphatic rings. The molecule has 0 atom stereocenters. The van der Waals surface area contributed by atoms with Gasteiger partial charge < -0.3 is 15.1 Å². The van der Waals surface area contributed by atoms with E-state index in [-0.39, 0.29) is 17.6 Å². The Labute approximate surface area is 150 Å². The molecular formula is C17H20N6O3. The standard InChI is InChI=1S/C17H20N6O3/c1-11(2)20-15(24)17(26)23-9-7-22(8-10-23)16(25)13-4-3-12-14(21-13)19-6-5-18-12/h3-6,11H,7-10H2,1-2H3,(H,20,24). The number of nitrogens with one attached hydrogen (secondary N) is 1. The van der Waals surface area contributed by atoms with E-state index in [0.717, 1.165) is 0 Å². The summed E-state index contributed by atoms with van der Waals surface area (Å²) in [5.74, 6) is -1.41. The minimum absolute atomic E-state index is 0.101. The third-order valence-electron chi connectivity index (χ3n) is 4.02. The second kappa shape index (κ2) is 7.42. The second-order valence-corrected chi connectivity index (χ2v) is 6.31. The van der Waals surface area contributed by atoms with Crippen LogP contribution in [0.3, 0.4) is 0 Å². The largest absolute Gasteiger partial charge is 0.346 e. The van der Waals surface area contributed by atoms with Crippen molar-refractivity contribution in [2.75, 3.05) is 26.2 Å². The summed E-state index contributed by atoms with van der Waals surface area (Å²) < 4.78 is 0. The minimum atomic E-state index is -0.616. The summed E-state index contributed by atoms with van der Waals surface area (Å²) >= 11 is 0. The number of carbonyl (C=O) groups excluding carboxylic acids is 3. The molecule has 0 aliphatic carbocycles. The van der Waals surface area contributed by atoms with Gasteiger partial charge in [-0.25, -0.2) is 9.97 Å². The van der Waals surface area contributed by atoms with Crippen molar-refractivity contribution in [3.8, 4) is 0 Å². The highest BCUT2D eigenvalue weighted by atomic mass is 16.2. The van der Waals surface area contributed by atoms with E-state index >= 15 is 0 Å². The van der Waals surface area contributed by atoms with Crippen LogP contribution in [0.1, 0.15) is 24.3 Å². The van der Waals surface area contributed by atoms with Gasteiger partial charge >= 0.3 is 11.8 Å². The SMILES string of the molecule is CC(C)NC(=O)C(=O)N1CCN(C(=O)c2ccc3nccnc3n2)CC1. The average Bonchev–Trinajstić information content (AvgIpc) is 2.66. The van der Waals surface area contributed by atoms with Gasteiger partial charge in [-0.2, -0.15) is 0 Å². The van der Waals surface area contributed by atoms with Crippen molar-refractivity contribution in [2.45, 2.75) is 19.9 Å². The van der Waals surface area contributed by atoms with Gasteiger partial charge in [0.2, 0.25) is 0 Å². The Kier molecular flexibility index (Phi) is 5.06. The Morgan fingerprint density at radius 2 is 1.65 bits per heavy atom. The Morgan fingerprint density at radius 1 is 1.00 bits per heavy atom. The predicted octanol–water partition coefficient (Wildman–Crippen LogP) is -0.166. The Balaban J connectivity index is 1.62. The predicted molar refractivity (Wildman–Crippen MR) is 93.1 cm³/mol. The molecule has 0 aromatic carbocycles. The lowest BCUT2D eigenvalue weighted by Crippen LogP contribution is -2.54. The molecular weight excluding hydrogens is 336 g/mol. The number of nitrogens with zero attached hydrogens (tertiary/aromatic N) is 5. The fourth-order valence-corrected chi connectivity index (χ4v) is 2.72. The maximum Gasteiger partial charge on any atom is 0.312 e. The first-order valence-corrected chi connectivity index (χ1v) is 8.42. The molecule has 1 N–H and O–H groups in total. The molecule has 26 heavy (non-hydrogen) atoms. The van der Waals surface area contributed by atoms with Crippen LogP contribution in [0, 0.1) is 0 Å². The summed E-state index contributed by atoms with van der Waals surface area (Å²) in [6.45, 7) is 4.90. The molecule has 9 heteroatoms. The Hall–Kier alpha value is -3.10. The molecule has 2 aromatic rings. The van der Waals surface area contributed by atoms with Crippen molar-refractivity contribution >= 4 is 28.9 Å². The highest BCUT2D eigenvalue weighted by Gasteiger charge is 2.28. The number of aromatic nitrogens is 3. The van der Waals surface area contributed by atoms with Gasteiger partial charge in [0, 0.05) is 44.6 Å². The number of pyridine rings is 1. The van der Waals surface area contributed by atoms with E-state index in [1.165, 1.54) is 11.1 Å². The lowest BCUT2D eigenvalue weighted by atomic mass is 10.2. The van der Waals surface area contributed by atoms with E-state index in [2.05, 4.69) is 20.3 Å². The van der Waals surface area contributed by atoms with E-state index in [1.54, 1.807) is 37.1 Å². The zero-order valence-electron chi connectivity index (χ0n) is 14.7. The lowest BCUT2D eigenvalue weighted by Gasteiger charge is -2.34. The molecule has 1 fully saturated rings. The van der Waals surface area contributed by atoms with Crippen LogP contribution in [0.25, 0.3) is 11.2 Å². The highest BCUT2D eigenvalue weighted by molar-refractivity contribution is 6.35. The first-order valence-electron chi connectivity index (χ1n) is 8.42. The molecule has 3 rings (SSSR count).